The Hall–Kier alpha value is -1.61. The zero-order valence-electron chi connectivity index (χ0n) is 11.3. The van der Waals surface area contributed by atoms with Gasteiger partial charge in [-0.15, -0.1) is 0 Å². The lowest BCUT2D eigenvalue weighted by Gasteiger charge is -2.24. The van der Waals surface area contributed by atoms with Crippen molar-refractivity contribution in [3.63, 3.8) is 0 Å². The van der Waals surface area contributed by atoms with Crippen LogP contribution in [0.4, 0.5) is 0 Å². The maximum atomic E-state index is 12.6. The molecule has 0 spiro atoms. The quantitative estimate of drug-likeness (QED) is 0.351. The van der Waals surface area contributed by atoms with E-state index in [2.05, 4.69) is 10.3 Å². The first-order valence-electron chi connectivity index (χ1n) is 5.63. The van der Waals surface area contributed by atoms with Crippen molar-refractivity contribution >= 4 is 15.9 Å². The summed E-state index contributed by atoms with van der Waals surface area (Å²) in [7, 11) is -3.82. The molecule has 1 rings (SSSR count). The minimum atomic E-state index is -3.82. The van der Waals surface area contributed by atoms with Gasteiger partial charge in [-0.25, -0.2) is 8.42 Å². The van der Waals surface area contributed by atoms with E-state index in [4.69, 9.17) is 15.5 Å². The van der Waals surface area contributed by atoms with E-state index in [1.165, 1.54) is 6.92 Å². The number of nitrogens with two attached hydrogens (primary N) is 1. The molecule has 0 atom stereocenters. The Bertz CT molecular complexity index is 557. The molecule has 0 aliphatic carbocycles. The lowest BCUT2D eigenvalue weighted by atomic mass is 10.4. The molecule has 0 saturated heterocycles. The largest absolute Gasteiger partial charge is 0.409 e. The number of aromatic nitrogens is 1. The summed E-state index contributed by atoms with van der Waals surface area (Å²) in [5.41, 5.74) is 5.67. The Morgan fingerprint density at radius 1 is 1.53 bits per heavy atom. The average Bonchev–Trinajstić information content (AvgIpc) is 2.65. The second kappa shape index (κ2) is 5.57. The van der Waals surface area contributed by atoms with Gasteiger partial charge in [0.1, 0.15) is 10.6 Å². The molecule has 1 heterocycles. The number of oxime groups is 1. The minimum Gasteiger partial charge on any atom is -0.409 e. The maximum Gasteiger partial charge on any atom is 0.249 e. The normalized spacial score (nSPS) is 13.5. The third-order valence-corrected chi connectivity index (χ3v) is 4.82. The molecular weight excluding hydrogens is 272 g/mol. The Morgan fingerprint density at radius 3 is 2.47 bits per heavy atom. The van der Waals surface area contributed by atoms with Gasteiger partial charge in [-0.3, -0.25) is 0 Å². The topological polar surface area (TPSA) is 122 Å². The van der Waals surface area contributed by atoms with Crippen LogP contribution in [0.15, 0.2) is 14.6 Å². The van der Waals surface area contributed by atoms with Gasteiger partial charge in [-0.1, -0.05) is 10.3 Å². The van der Waals surface area contributed by atoms with E-state index >= 15 is 0 Å². The zero-order valence-corrected chi connectivity index (χ0v) is 12.1. The number of hydrogen-bond donors (Lipinski definition) is 2. The molecule has 0 saturated carbocycles. The van der Waals surface area contributed by atoms with Crippen molar-refractivity contribution in [2.45, 2.75) is 38.6 Å². The van der Waals surface area contributed by atoms with Gasteiger partial charge < -0.3 is 15.5 Å². The molecule has 0 radical (unpaired) electrons. The van der Waals surface area contributed by atoms with Gasteiger partial charge in [0.25, 0.3) is 0 Å². The summed E-state index contributed by atoms with van der Waals surface area (Å²) in [5, 5.41) is 15.0. The smallest absolute Gasteiger partial charge is 0.249 e. The second-order valence-corrected chi connectivity index (χ2v) is 6.22. The van der Waals surface area contributed by atoms with Crippen LogP contribution in [0.1, 0.15) is 25.3 Å². The van der Waals surface area contributed by atoms with Gasteiger partial charge >= 0.3 is 0 Å². The monoisotopic (exact) mass is 290 g/mol. The molecule has 1 aromatic heterocycles. The number of sulfonamides is 1. The van der Waals surface area contributed by atoms with Gasteiger partial charge in [0, 0.05) is 6.04 Å². The maximum absolute atomic E-state index is 12.6. The third kappa shape index (κ3) is 3.04. The Morgan fingerprint density at radius 2 is 2.11 bits per heavy atom. The number of amidine groups is 1. The standard InChI is InChI=1S/C10H18N4O4S/c1-6(2)14(5-9(11)12-15)19(16,17)10-7(3)13-18-8(10)4/h6,15H,5H2,1-4H3,(H2,11,12). The van der Waals surface area contributed by atoms with Gasteiger partial charge in [0.05, 0.1) is 6.54 Å². The SMILES string of the molecule is Cc1noc(C)c1S(=O)(=O)N(CC(N)=NO)C(C)C. The van der Waals surface area contributed by atoms with E-state index in [-0.39, 0.29) is 34.8 Å². The predicted octanol–water partition coefficient (Wildman–Crippen LogP) is 0.437. The van der Waals surface area contributed by atoms with Crippen LogP contribution in [0.2, 0.25) is 0 Å². The minimum absolute atomic E-state index is 0.0203. The summed E-state index contributed by atoms with van der Waals surface area (Å²) >= 11 is 0. The van der Waals surface area contributed by atoms with Crippen LogP contribution < -0.4 is 5.73 Å². The molecule has 8 nitrogen and oxygen atoms in total. The second-order valence-electron chi connectivity index (χ2n) is 4.39. The Kier molecular flexibility index (Phi) is 4.53. The van der Waals surface area contributed by atoms with Crippen LogP contribution in [0.25, 0.3) is 0 Å². The summed E-state index contributed by atoms with van der Waals surface area (Å²) in [4.78, 5) is 0.0203. The van der Waals surface area contributed by atoms with Crippen molar-refractivity contribution in [2.24, 2.45) is 10.9 Å². The van der Waals surface area contributed by atoms with Crippen LogP contribution in [0.3, 0.4) is 0 Å². The first-order valence-corrected chi connectivity index (χ1v) is 7.07. The predicted molar refractivity (Wildman–Crippen MR) is 68.4 cm³/mol. The summed E-state index contributed by atoms with van der Waals surface area (Å²) < 4.78 is 31.1. The molecule has 19 heavy (non-hydrogen) atoms. The highest BCUT2D eigenvalue weighted by Gasteiger charge is 2.33. The molecule has 0 aromatic carbocycles. The lowest BCUT2D eigenvalue weighted by Crippen LogP contribution is -2.43. The van der Waals surface area contributed by atoms with Gasteiger partial charge in [0.15, 0.2) is 11.6 Å². The average molecular weight is 290 g/mol. The number of nitrogens with zero attached hydrogens (tertiary/aromatic N) is 3. The van der Waals surface area contributed by atoms with Crippen molar-refractivity contribution in [1.82, 2.24) is 9.46 Å². The summed E-state index contributed by atoms with van der Waals surface area (Å²) in [5.74, 6) is 0.0201. The highest BCUT2D eigenvalue weighted by Crippen LogP contribution is 2.24. The van der Waals surface area contributed by atoms with Crippen LogP contribution >= 0.6 is 0 Å². The first kappa shape index (κ1) is 15.4. The molecule has 0 aliphatic heterocycles. The molecule has 9 heteroatoms. The van der Waals surface area contributed by atoms with Gasteiger partial charge in [-0.2, -0.15) is 4.31 Å². The van der Waals surface area contributed by atoms with Crippen LogP contribution in [-0.2, 0) is 10.0 Å². The Labute approximate surface area is 111 Å². The Balaban J connectivity index is 3.29. The van der Waals surface area contributed by atoms with Crippen LogP contribution in [0.5, 0.6) is 0 Å². The van der Waals surface area contributed by atoms with E-state index in [9.17, 15) is 8.42 Å². The van der Waals surface area contributed by atoms with E-state index in [0.29, 0.717) is 0 Å². The molecule has 0 unspecified atom stereocenters. The molecule has 0 amide bonds. The van der Waals surface area contributed by atoms with E-state index in [1.54, 1.807) is 20.8 Å². The van der Waals surface area contributed by atoms with Crippen LogP contribution in [-0.4, -0.2) is 41.5 Å². The fourth-order valence-corrected chi connectivity index (χ4v) is 3.60. The molecule has 108 valence electrons. The van der Waals surface area contributed by atoms with Gasteiger partial charge in [0.2, 0.25) is 10.0 Å². The molecule has 0 aliphatic rings. The van der Waals surface area contributed by atoms with E-state index in [0.717, 1.165) is 4.31 Å². The van der Waals surface area contributed by atoms with E-state index in [1.807, 2.05) is 0 Å². The zero-order chi connectivity index (χ0) is 14.8. The summed E-state index contributed by atoms with van der Waals surface area (Å²) in [6.45, 7) is 6.25. The summed E-state index contributed by atoms with van der Waals surface area (Å²) in [6, 6.07) is -0.362. The number of hydrogen-bond acceptors (Lipinski definition) is 6. The number of rotatable bonds is 5. The fourth-order valence-electron chi connectivity index (χ4n) is 1.70. The molecule has 0 bridgehead atoms. The van der Waals surface area contributed by atoms with Crippen LogP contribution in [0, 0.1) is 13.8 Å². The molecule has 1 aromatic rings. The van der Waals surface area contributed by atoms with Crippen molar-refractivity contribution in [3.8, 4) is 0 Å². The van der Waals surface area contributed by atoms with Crippen molar-refractivity contribution < 1.29 is 18.1 Å². The number of aryl methyl sites for hydroxylation is 2. The first-order chi connectivity index (χ1) is 8.71. The molecule has 0 fully saturated rings. The molecule has 3 N–H and O–H groups in total. The summed E-state index contributed by atoms with van der Waals surface area (Å²) in [6.07, 6.45) is 0. The van der Waals surface area contributed by atoms with Gasteiger partial charge in [-0.05, 0) is 27.7 Å². The highest BCUT2D eigenvalue weighted by molar-refractivity contribution is 7.89. The van der Waals surface area contributed by atoms with Crippen molar-refractivity contribution in [1.29, 1.82) is 0 Å². The highest BCUT2D eigenvalue weighted by atomic mass is 32.2. The van der Waals surface area contributed by atoms with Crippen molar-refractivity contribution in [2.75, 3.05) is 6.54 Å². The van der Waals surface area contributed by atoms with Crippen molar-refractivity contribution in [3.05, 3.63) is 11.5 Å². The third-order valence-electron chi connectivity index (χ3n) is 2.56. The lowest BCUT2D eigenvalue weighted by molar-refractivity contribution is 0.312. The fraction of sp³-hybridized carbons (Fsp3) is 0.600. The molecular formula is C10H18N4O4S. The van der Waals surface area contributed by atoms with E-state index < -0.39 is 10.0 Å².